The second-order valence-electron chi connectivity index (χ2n) is 4.96. The van der Waals surface area contributed by atoms with Crippen LogP contribution in [0.25, 0.3) is 11.3 Å². The third kappa shape index (κ3) is 3.55. The lowest BCUT2D eigenvalue weighted by molar-refractivity contribution is -0.626. The van der Waals surface area contributed by atoms with Gasteiger partial charge in [0.2, 0.25) is 0 Å². The topological polar surface area (TPSA) is 86.1 Å². The lowest BCUT2D eigenvalue weighted by Crippen LogP contribution is -2.46. The van der Waals surface area contributed by atoms with Crippen LogP contribution in [-0.2, 0) is 6.42 Å². The van der Waals surface area contributed by atoms with Crippen LogP contribution in [0.3, 0.4) is 0 Å². The molecular formula is C17H16ClN3O3. The van der Waals surface area contributed by atoms with Gasteiger partial charge in [-0.2, -0.15) is 0 Å². The molecule has 2 aromatic carbocycles. The monoisotopic (exact) mass is 345 g/mol. The van der Waals surface area contributed by atoms with Crippen LogP contribution in [0.2, 0.25) is 0 Å². The number of rotatable bonds is 4. The number of nitrogens with one attached hydrogen (secondary N) is 1. The van der Waals surface area contributed by atoms with E-state index in [4.69, 9.17) is 14.7 Å². The fourth-order valence-electron chi connectivity index (χ4n) is 2.29. The zero-order chi connectivity index (χ0) is 16.2. The molecule has 0 bridgehead atoms. The van der Waals surface area contributed by atoms with Gasteiger partial charge in [-0.15, -0.1) is 17.8 Å². The maximum absolute atomic E-state index is 12.0. The van der Waals surface area contributed by atoms with E-state index in [1.807, 2.05) is 30.3 Å². The normalized spacial score (nSPS) is 10.0. The molecule has 0 spiro atoms. The quantitative estimate of drug-likeness (QED) is 0.446. The summed E-state index contributed by atoms with van der Waals surface area (Å²) in [5.74, 6) is 0.268. The molecule has 0 atom stereocenters. The third-order valence-corrected chi connectivity index (χ3v) is 3.44. The van der Waals surface area contributed by atoms with Crippen molar-refractivity contribution in [3.05, 3.63) is 60.2 Å². The Hall–Kier alpha value is -2.86. The van der Waals surface area contributed by atoms with Gasteiger partial charge in [-0.25, -0.2) is 0 Å². The van der Waals surface area contributed by atoms with E-state index in [0.29, 0.717) is 17.7 Å². The molecular weight excluding hydrogens is 330 g/mol. The van der Waals surface area contributed by atoms with E-state index >= 15 is 0 Å². The second kappa shape index (κ2) is 7.61. The number of benzene rings is 2. The minimum atomic E-state index is -0.576. The van der Waals surface area contributed by atoms with Crippen LogP contribution >= 0.6 is 12.4 Å². The van der Waals surface area contributed by atoms with Crippen LogP contribution in [0, 0.1) is 5.41 Å². The number of halogens is 1. The summed E-state index contributed by atoms with van der Waals surface area (Å²) in [4.78, 5) is 0. The van der Waals surface area contributed by atoms with Crippen LogP contribution in [-0.4, -0.2) is 18.2 Å². The lowest BCUT2D eigenvalue weighted by Gasteiger charge is -2.04. The van der Waals surface area contributed by atoms with Crippen molar-refractivity contribution in [1.82, 2.24) is 5.27 Å². The van der Waals surface area contributed by atoms with Gasteiger partial charge < -0.3 is 14.4 Å². The summed E-state index contributed by atoms with van der Waals surface area (Å²) in [5.41, 5.74) is 1.81. The summed E-state index contributed by atoms with van der Waals surface area (Å²) in [6.07, 6.45) is 0.348. The van der Waals surface area contributed by atoms with Crippen molar-refractivity contribution < 1.29 is 19.0 Å². The minimum Gasteiger partial charge on any atom is -0.540 e. The molecule has 0 aliphatic heterocycles. The van der Waals surface area contributed by atoms with E-state index in [2.05, 4.69) is 5.27 Å². The van der Waals surface area contributed by atoms with Gasteiger partial charge in [0.1, 0.15) is 11.7 Å². The molecule has 3 aromatic rings. The Morgan fingerprint density at radius 2 is 1.83 bits per heavy atom. The highest BCUT2D eigenvalue weighted by atomic mass is 35.5. The fourth-order valence-corrected chi connectivity index (χ4v) is 2.29. The molecule has 6 nitrogen and oxygen atoms in total. The van der Waals surface area contributed by atoms with E-state index in [0.717, 1.165) is 5.56 Å². The maximum Gasteiger partial charge on any atom is 0.321 e. The van der Waals surface area contributed by atoms with E-state index in [-0.39, 0.29) is 23.9 Å². The molecule has 0 saturated heterocycles. The Bertz CT molecular complexity index is 817. The van der Waals surface area contributed by atoms with Crippen LogP contribution < -0.4 is 14.5 Å². The van der Waals surface area contributed by atoms with Crippen LogP contribution in [0.4, 0.5) is 0 Å². The number of aromatic nitrogens is 2. The number of hydrogen-bond donors (Lipinski definition) is 1. The highest BCUT2D eigenvalue weighted by Gasteiger charge is 2.21. The summed E-state index contributed by atoms with van der Waals surface area (Å²) in [6, 6.07) is 16.5. The van der Waals surface area contributed by atoms with Crippen molar-refractivity contribution in [2.75, 3.05) is 7.11 Å². The van der Waals surface area contributed by atoms with Gasteiger partial charge in [0.25, 0.3) is 0 Å². The van der Waals surface area contributed by atoms with Gasteiger partial charge in [0.15, 0.2) is 5.69 Å². The first-order valence-electron chi connectivity index (χ1n) is 7.04. The van der Waals surface area contributed by atoms with Crippen LogP contribution in [0.15, 0.2) is 59.1 Å². The van der Waals surface area contributed by atoms with Crippen molar-refractivity contribution in [3.63, 3.8) is 0 Å². The molecule has 0 fully saturated rings. The standard InChI is InChI=1S/C17H15N3O3.ClH/c1-22-14-9-7-13(8-10-14)16-17(21)23-19-20(16)15(18)11-12-5-3-2-4-6-12;/h2-10,18H,11H2,1H3;1H. The van der Waals surface area contributed by atoms with E-state index in [9.17, 15) is 5.11 Å². The first-order valence-corrected chi connectivity index (χ1v) is 7.04. The summed E-state index contributed by atoms with van der Waals surface area (Å²) in [7, 11) is 1.57. The predicted octanol–water partition coefficient (Wildman–Crippen LogP) is 2.20. The molecule has 0 radical (unpaired) electrons. The van der Waals surface area contributed by atoms with Gasteiger partial charge in [-0.3, -0.25) is 0 Å². The Labute approximate surface area is 145 Å². The average Bonchev–Trinajstić information content (AvgIpc) is 2.97. The number of hydrogen-bond acceptors (Lipinski definition) is 5. The highest BCUT2D eigenvalue weighted by molar-refractivity contribution is 5.85. The summed E-state index contributed by atoms with van der Waals surface area (Å²) < 4.78 is 11.1. The zero-order valence-corrected chi connectivity index (χ0v) is 13.7. The number of nitrogens with zero attached hydrogens (tertiary/aromatic N) is 2. The molecule has 0 aliphatic rings. The Balaban J connectivity index is 0.00000208. The largest absolute Gasteiger partial charge is 0.540 e. The van der Waals surface area contributed by atoms with E-state index in [1.54, 1.807) is 31.4 Å². The van der Waals surface area contributed by atoms with Crippen molar-refractivity contribution >= 4 is 18.2 Å². The van der Waals surface area contributed by atoms with Gasteiger partial charge in [-0.1, -0.05) is 35.0 Å². The lowest BCUT2D eigenvalue weighted by atomic mass is 10.1. The Kier molecular flexibility index (Phi) is 5.55. The van der Waals surface area contributed by atoms with Crippen molar-refractivity contribution in [2.45, 2.75) is 6.42 Å². The van der Waals surface area contributed by atoms with Gasteiger partial charge in [0, 0.05) is 5.56 Å². The number of methoxy groups -OCH3 is 1. The molecule has 3 rings (SSSR count). The molecule has 24 heavy (non-hydrogen) atoms. The average molecular weight is 346 g/mol. The molecule has 1 heterocycles. The van der Waals surface area contributed by atoms with Crippen molar-refractivity contribution in [1.29, 1.82) is 5.41 Å². The molecule has 1 N–H and O–H groups in total. The van der Waals surface area contributed by atoms with Crippen molar-refractivity contribution in [3.8, 4) is 23.0 Å². The number of ether oxygens (including phenoxy) is 1. The molecule has 0 amide bonds. The van der Waals surface area contributed by atoms with Gasteiger partial charge in [-0.05, 0) is 35.1 Å². The smallest absolute Gasteiger partial charge is 0.321 e. The van der Waals surface area contributed by atoms with E-state index < -0.39 is 5.95 Å². The van der Waals surface area contributed by atoms with E-state index in [1.165, 1.54) is 4.68 Å². The molecule has 124 valence electrons. The third-order valence-electron chi connectivity index (χ3n) is 3.44. The maximum atomic E-state index is 12.0. The summed E-state index contributed by atoms with van der Waals surface area (Å²) in [5, 5.41) is 23.9. The van der Waals surface area contributed by atoms with Gasteiger partial charge >= 0.3 is 5.84 Å². The molecule has 0 unspecified atom stereocenters. The Morgan fingerprint density at radius 1 is 1.17 bits per heavy atom. The predicted molar refractivity (Wildman–Crippen MR) is 88.7 cm³/mol. The minimum absolute atomic E-state index is 0. The molecule has 7 heteroatoms. The highest BCUT2D eigenvalue weighted by Crippen LogP contribution is 2.25. The SMILES string of the molecule is COc1ccc(-c2c([O-])on[n+]2C(=N)Cc2ccccc2)cc1.Cl. The van der Waals surface area contributed by atoms with Crippen LogP contribution in [0.5, 0.6) is 11.7 Å². The Morgan fingerprint density at radius 3 is 2.46 bits per heavy atom. The van der Waals surface area contributed by atoms with Gasteiger partial charge in [0.05, 0.1) is 13.5 Å². The first-order chi connectivity index (χ1) is 11.2. The second-order valence-corrected chi connectivity index (χ2v) is 4.96. The zero-order valence-electron chi connectivity index (χ0n) is 12.9. The van der Waals surface area contributed by atoms with Crippen LogP contribution in [0.1, 0.15) is 5.56 Å². The molecule has 0 saturated carbocycles. The first kappa shape index (κ1) is 17.5. The molecule has 0 aliphatic carbocycles. The summed E-state index contributed by atoms with van der Waals surface area (Å²) in [6.45, 7) is 0. The molecule has 1 aromatic heterocycles. The fraction of sp³-hybridized carbons (Fsp3) is 0.118. The van der Waals surface area contributed by atoms with Crippen molar-refractivity contribution in [2.24, 2.45) is 0 Å². The summed E-state index contributed by atoms with van der Waals surface area (Å²) >= 11 is 0.